The van der Waals surface area contributed by atoms with Crippen molar-refractivity contribution in [1.29, 1.82) is 0 Å². The van der Waals surface area contributed by atoms with E-state index < -0.39 is 11.6 Å². The quantitative estimate of drug-likeness (QED) is 0.851. The molecule has 2 saturated heterocycles. The summed E-state index contributed by atoms with van der Waals surface area (Å²) in [5, 5.41) is 0. The second kappa shape index (κ2) is 6.65. The lowest BCUT2D eigenvalue weighted by Gasteiger charge is -2.53. The number of halogens is 2. The lowest BCUT2D eigenvalue weighted by Crippen LogP contribution is -2.65. The minimum absolute atomic E-state index is 0.0517. The molecule has 132 valence electrons. The van der Waals surface area contributed by atoms with E-state index in [-0.39, 0.29) is 11.7 Å². The van der Waals surface area contributed by atoms with Crippen LogP contribution < -0.4 is 4.74 Å². The van der Waals surface area contributed by atoms with E-state index in [0.29, 0.717) is 19.0 Å². The van der Waals surface area contributed by atoms with Crippen molar-refractivity contribution in [3.8, 4) is 5.88 Å². The smallest absolute Gasteiger partial charge is 0.232 e. The lowest BCUT2D eigenvalue weighted by atomic mass is 9.84. The second-order valence-corrected chi connectivity index (χ2v) is 6.70. The third-order valence-corrected chi connectivity index (χ3v) is 4.69. The Bertz CT molecular complexity index is 738. The van der Waals surface area contributed by atoms with Gasteiger partial charge in [0.2, 0.25) is 5.88 Å². The Morgan fingerprint density at radius 1 is 1.24 bits per heavy atom. The van der Waals surface area contributed by atoms with Crippen molar-refractivity contribution in [3.63, 3.8) is 0 Å². The predicted molar refractivity (Wildman–Crippen MR) is 86.0 cm³/mol. The number of hydrogen-bond donors (Lipinski definition) is 0. The topological polar surface area (TPSA) is 47.5 Å². The molecule has 0 amide bonds. The summed E-state index contributed by atoms with van der Waals surface area (Å²) >= 11 is 0. The normalized spacial score (nSPS) is 22.6. The fourth-order valence-corrected chi connectivity index (χ4v) is 3.60. The van der Waals surface area contributed by atoms with Crippen LogP contribution in [0.2, 0.25) is 0 Å². The van der Waals surface area contributed by atoms with Gasteiger partial charge in [-0.1, -0.05) is 6.07 Å². The van der Waals surface area contributed by atoms with Crippen LogP contribution in [0.4, 0.5) is 8.78 Å². The Hall–Kier alpha value is -2.12. The van der Waals surface area contributed by atoms with Crippen molar-refractivity contribution >= 4 is 0 Å². The SMILES string of the molecule is Fc1ccc(CN2CC3(C[C@@H](Oc4cnccn4)CCO3)C2)cc1F. The summed E-state index contributed by atoms with van der Waals surface area (Å²) < 4.78 is 38.2. The van der Waals surface area contributed by atoms with Gasteiger partial charge in [-0.05, 0) is 17.7 Å². The first kappa shape index (κ1) is 16.4. The fourth-order valence-electron chi connectivity index (χ4n) is 3.60. The van der Waals surface area contributed by atoms with Gasteiger partial charge in [0, 0.05) is 44.9 Å². The number of benzene rings is 1. The van der Waals surface area contributed by atoms with E-state index in [1.54, 1.807) is 24.7 Å². The monoisotopic (exact) mass is 347 g/mol. The first-order valence-corrected chi connectivity index (χ1v) is 8.35. The first-order valence-electron chi connectivity index (χ1n) is 8.35. The van der Waals surface area contributed by atoms with Crippen LogP contribution in [0.15, 0.2) is 36.8 Å². The van der Waals surface area contributed by atoms with Crippen molar-refractivity contribution < 1.29 is 18.3 Å². The van der Waals surface area contributed by atoms with Crippen LogP contribution in [0.3, 0.4) is 0 Å². The van der Waals surface area contributed by atoms with E-state index in [1.807, 2.05) is 0 Å². The maximum absolute atomic E-state index is 13.3. The van der Waals surface area contributed by atoms with Crippen molar-refractivity contribution in [3.05, 3.63) is 54.0 Å². The molecule has 2 aromatic rings. The van der Waals surface area contributed by atoms with E-state index in [0.717, 1.165) is 31.5 Å². The summed E-state index contributed by atoms with van der Waals surface area (Å²) in [5.74, 6) is -1.09. The maximum atomic E-state index is 13.3. The van der Waals surface area contributed by atoms with Gasteiger partial charge < -0.3 is 9.47 Å². The third-order valence-electron chi connectivity index (χ3n) is 4.69. The number of hydrogen-bond acceptors (Lipinski definition) is 5. The molecule has 5 nitrogen and oxygen atoms in total. The van der Waals surface area contributed by atoms with Gasteiger partial charge in [0.05, 0.1) is 18.4 Å². The molecule has 0 bridgehead atoms. The molecular weight excluding hydrogens is 328 g/mol. The molecule has 4 rings (SSSR count). The molecule has 2 aliphatic heterocycles. The molecule has 2 aliphatic rings. The van der Waals surface area contributed by atoms with Crippen LogP contribution in [0.1, 0.15) is 18.4 Å². The Morgan fingerprint density at radius 3 is 2.88 bits per heavy atom. The van der Waals surface area contributed by atoms with Gasteiger partial charge in [-0.3, -0.25) is 9.88 Å². The van der Waals surface area contributed by atoms with Gasteiger partial charge in [0.1, 0.15) is 6.10 Å². The molecule has 1 spiro atoms. The Labute approximate surface area is 144 Å². The second-order valence-electron chi connectivity index (χ2n) is 6.70. The van der Waals surface area contributed by atoms with E-state index in [4.69, 9.17) is 9.47 Å². The van der Waals surface area contributed by atoms with Gasteiger partial charge in [-0.2, -0.15) is 0 Å². The van der Waals surface area contributed by atoms with Crippen molar-refractivity contribution in [2.75, 3.05) is 19.7 Å². The Balaban J connectivity index is 1.32. The molecule has 0 saturated carbocycles. The Morgan fingerprint density at radius 2 is 2.12 bits per heavy atom. The van der Waals surface area contributed by atoms with Gasteiger partial charge in [-0.15, -0.1) is 0 Å². The number of ether oxygens (including phenoxy) is 2. The summed E-state index contributed by atoms with van der Waals surface area (Å²) in [6.45, 7) is 2.74. The van der Waals surface area contributed by atoms with Crippen LogP contribution in [-0.2, 0) is 11.3 Å². The molecule has 7 heteroatoms. The standard InChI is InChI=1S/C18H19F2N3O2/c19-15-2-1-13(7-16(15)20)10-23-11-18(12-23)8-14(3-6-24-18)25-17-9-21-4-5-22-17/h1-2,4-5,7,9,14H,3,6,8,10-12H2/t14-/m0/s1. The van der Waals surface area contributed by atoms with Gasteiger partial charge in [-0.25, -0.2) is 13.8 Å². The van der Waals surface area contributed by atoms with Crippen molar-refractivity contribution in [2.24, 2.45) is 0 Å². The Kier molecular flexibility index (Phi) is 4.35. The zero-order valence-corrected chi connectivity index (χ0v) is 13.7. The highest BCUT2D eigenvalue weighted by Gasteiger charge is 2.48. The molecule has 1 aromatic carbocycles. The summed E-state index contributed by atoms with van der Waals surface area (Å²) in [6.07, 6.45) is 6.49. The zero-order valence-electron chi connectivity index (χ0n) is 13.7. The minimum atomic E-state index is -0.816. The first-order chi connectivity index (χ1) is 12.1. The molecule has 0 N–H and O–H groups in total. The summed E-state index contributed by atoms with van der Waals surface area (Å²) in [4.78, 5) is 10.3. The van der Waals surface area contributed by atoms with Crippen LogP contribution >= 0.6 is 0 Å². The highest BCUT2D eigenvalue weighted by Crippen LogP contribution is 2.36. The molecule has 1 atom stereocenters. The predicted octanol–water partition coefficient (Wildman–Crippen LogP) is 2.57. The lowest BCUT2D eigenvalue weighted by molar-refractivity contribution is -0.188. The van der Waals surface area contributed by atoms with Crippen LogP contribution in [0.5, 0.6) is 5.88 Å². The zero-order chi connectivity index (χ0) is 17.3. The summed E-state index contributed by atoms with van der Waals surface area (Å²) in [7, 11) is 0. The highest BCUT2D eigenvalue weighted by molar-refractivity contribution is 5.19. The average molecular weight is 347 g/mol. The van der Waals surface area contributed by atoms with Crippen LogP contribution in [-0.4, -0.2) is 46.3 Å². The van der Waals surface area contributed by atoms with Gasteiger partial charge in [0.25, 0.3) is 0 Å². The van der Waals surface area contributed by atoms with Crippen LogP contribution in [0, 0.1) is 11.6 Å². The summed E-state index contributed by atoms with van der Waals surface area (Å²) in [6, 6.07) is 4.04. The average Bonchev–Trinajstić information content (AvgIpc) is 2.58. The van der Waals surface area contributed by atoms with Gasteiger partial charge in [0.15, 0.2) is 11.6 Å². The van der Waals surface area contributed by atoms with Crippen LogP contribution in [0.25, 0.3) is 0 Å². The molecule has 3 heterocycles. The highest BCUT2D eigenvalue weighted by atomic mass is 19.2. The molecule has 0 radical (unpaired) electrons. The molecule has 0 unspecified atom stereocenters. The largest absolute Gasteiger partial charge is 0.473 e. The van der Waals surface area contributed by atoms with E-state index in [2.05, 4.69) is 14.9 Å². The van der Waals surface area contributed by atoms with E-state index >= 15 is 0 Å². The van der Waals surface area contributed by atoms with Crippen molar-refractivity contribution in [1.82, 2.24) is 14.9 Å². The number of rotatable bonds is 4. The number of nitrogens with zero attached hydrogens (tertiary/aromatic N) is 3. The maximum Gasteiger partial charge on any atom is 0.232 e. The van der Waals surface area contributed by atoms with E-state index in [9.17, 15) is 8.78 Å². The molecule has 1 aromatic heterocycles. The fraction of sp³-hybridized carbons (Fsp3) is 0.444. The number of likely N-dealkylation sites (tertiary alicyclic amines) is 1. The molecule has 25 heavy (non-hydrogen) atoms. The summed E-state index contributed by atoms with van der Waals surface area (Å²) in [5.41, 5.74) is 0.542. The third kappa shape index (κ3) is 3.62. The van der Waals surface area contributed by atoms with Gasteiger partial charge >= 0.3 is 0 Å². The molecule has 0 aliphatic carbocycles. The van der Waals surface area contributed by atoms with E-state index in [1.165, 1.54) is 12.1 Å². The minimum Gasteiger partial charge on any atom is -0.473 e. The van der Waals surface area contributed by atoms with Crippen molar-refractivity contribution in [2.45, 2.75) is 31.1 Å². The molecular formula is C18H19F2N3O2. The molecule has 2 fully saturated rings. The number of aromatic nitrogens is 2.